The van der Waals surface area contributed by atoms with E-state index < -0.39 is 0 Å². The number of rotatable bonds is 6. The number of aromatic nitrogens is 1. The van der Waals surface area contributed by atoms with Crippen LogP contribution in [0, 0.1) is 12.8 Å². The smallest absolute Gasteiger partial charge is 0.259 e. The first-order valence-electron chi connectivity index (χ1n) is 11.4. The second-order valence-electron chi connectivity index (χ2n) is 8.38. The first-order valence-corrected chi connectivity index (χ1v) is 11.4. The van der Waals surface area contributed by atoms with Crippen molar-refractivity contribution in [2.75, 3.05) is 39.4 Å². The molecular formula is C24H31N3O5. The molecule has 0 spiro atoms. The molecule has 0 aliphatic carbocycles. The Morgan fingerprint density at radius 3 is 2.59 bits per heavy atom. The van der Waals surface area contributed by atoms with Crippen molar-refractivity contribution >= 4 is 11.8 Å². The monoisotopic (exact) mass is 441 g/mol. The molecule has 0 radical (unpaired) electrons. The number of likely N-dealkylation sites (tertiary alicyclic amines) is 1. The van der Waals surface area contributed by atoms with Gasteiger partial charge in [-0.15, -0.1) is 0 Å². The second kappa shape index (κ2) is 10.2. The van der Waals surface area contributed by atoms with Crippen LogP contribution in [0.1, 0.15) is 41.6 Å². The Labute approximate surface area is 188 Å². The van der Waals surface area contributed by atoms with Crippen LogP contribution in [0.4, 0.5) is 0 Å². The van der Waals surface area contributed by atoms with E-state index in [2.05, 4.69) is 5.16 Å². The number of para-hydroxylation sites is 1. The normalized spacial score (nSPS) is 21.4. The summed E-state index contributed by atoms with van der Waals surface area (Å²) >= 11 is 0. The van der Waals surface area contributed by atoms with Crippen molar-refractivity contribution in [2.24, 2.45) is 5.92 Å². The molecule has 8 nitrogen and oxygen atoms in total. The highest BCUT2D eigenvalue weighted by atomic mass is 16.5. The van der Waals surface area contributed by atoms with Gasteiger partial charge in [-0.2, -0.15) is 0 Å². The number of amides is 2. The molecule has 1 aromatic heterocycles. The topological polar surface area (TPSA) is 85.1 Å². The van der Waals surface area contributed by atoms with E-state index in [0.717, 1.165) is 5.75 Å². The molecule has 0 N–H and O–H groups in total. The maximum absolute atomic E-state index is 13.3. The summed E-state index contributed by atoms with van der Waals surface area (Å²) in [5.41, 5.74) is 1.23. The number of carbonyl (C=O) groups is 2. The minimum absolute atomic E-state index is 0.0809. The molecule has 4 rings (SSSR count). The first-order chi connectivity index (χ1) is 15.6. The van der Waals surface area contributed by atoms with Crippen LogP contribution < -0.4 is 4.74 Å². The second-order valence-corrected chi connectivity index (χ2v) is 8.38. The lowest BCUT2D eigenvalue weighted by Crippen LogP contribution is -2.50. The molecule has 2 atom stereocenters. The van der Waals surface area contributed by atoms with Crippen molar-refractivity contribution < 1.29 is 23.6 Å². The summed E-state index contributed by atoms with van der Waals surface area (Å²) in [6, 6.07) is 9.66. The van der Waals surface area contributed by atoms with E-state index in [1.165, 1.54) is 0 Å². The average Bonchev–Trinajstić information content (AvgIpc) is 3.21. The summed E-state index contributed by atoms with van der Waals surface area (Å²) in [7, 11) is 0. The van der Waals surface area contributed by atoms with Gasteiger partial charge >= 0.3 is 0 Å². The van der Waals surface area contributed by atoms with Crippen LogP contribution >= 0.6 is 0 Å². The molecule has 2 aliphatic rings. The highest BCUT2D eigenvalue weighted by Gasteiger charge is 2.37. The molecule has 1 aromatic carbocycles. The van der Waals surface area contributed by atoms with Gasteiger partial charge in [0.1, 0.15) is 23.2 Å². The zero-order valence-electron chi connectivity index (χ0n) is 18.8. The van der Waals surface area contributed by atoms with Crippen molar-refractivity contribution in [3.8, 4) is 5.75 Å². The molecule has 0 saturated carbocycles. The standard InChI is InChI=1S/C24H31N3O5/c1-3-20-23(17(2)32-25-20)24(29)27-10-9-21(31-19-7-5-4-6-8-19)18(16-27)15-22(28)26-11-13-30-14-12-26/h4-8,18,21H,3,9-16H2,1-2H3/t18-,21-/m0/s1. The molecule has 3 heterocycles. The number of ether oxygens (including phenoxy) is 2. The van der Waals surface area contributed by atoms with Crippen LogP contribution in [0.15, 0.2) is 34.9 Å². The van der Waals surface area contributed by atoms with Crippen molar-refractivity contribution in [3.63, 3.8) is 0 Å². The van der Waals surface area contributed by atoms with E-state index in [9.17, 15) is 9.59 Å². The van der Waals surface area contributed by atoms with Crippen LogP contribution in [0.3, 0.4) is 0 Å². The molecule has 2 amide bonds. The lowest BCUT2D eigenvalue weighted by Gasteiger charge is -2.39. The van der Waals surface area contributed by atoms with Crippen molar-refractivity contribution in [1.29, 1.82) is 0 Å². The average molecular weight is 442 g/mol. The van der Waals surface area contributed by atoms with Gasteiger partial charge in [-0.25, -0.2) is 0 Å². The minimum Gasteiger partial charge on any atom is -0.490 e. The lowest BCUT2D eigenvalue weighted by molar-refractivity contribution is -0.137. The van der Waals surface area contributed by atoms with Crippen LogP contribution in [-0.4, -0.2) is 72.3 Å². The number of aryl methyl sites for hydroxylation is 2. The third kappa shape index (κ3) is 4.96. The van der Waals surface area contributed by atoms with Gasteiger partial charge < -0.3 is 23.8 Å². The summed E-state index contributed by atoms with van der Waals surface area (Å²) in [6.45, 7) is 7.10. The van der Waals surface area contributed by atoms with Crippen LogP contribution in [0.25, 0.3) is 0 Å². The summed E-state index contributed by atoms with van der Waals surface area (Å²) in [5, 5.41) is 4.03. The zero-order chi connectivity index (χ0) is 22.5. The van der Waals surface area contributed by atoms with Crippen LogP contribution in [-0.2, 0) is 16.0 Å². The third-order valence-corrected chi connectivity index (χ3v) is 6.26. The van der Waals surface area contributed by atoms with Gasteiger partial charge in [0.25, 0.3) is 5.91 Å². The van der Waals surface area contributed by atoms with Gasteiger partial charge in [0.2, 0.25) is 5.91 Å². The molecule has 0 bridgehead atoms. The van der Waals surface area contributed by atoms with E-state index in [-0.39, 0.29) is 23.8 Å². The van der Waals surface area contributed by atoms with E-state index in [0.29, 0.717) is 75.7 Å². The largest absolute Gasteiger partial charge is 0.490 e. The molecule has 2 saturated heterocycles. The van der Waals surface area contributed by atoms with Gasteiger partial charge in [0.15, 0.2) is 0 Å². The van der Waals surface area contributed by atoms with Gasteiger partial charge in [0, 0.05) is 44.9 Å². The fraction of sp³-hybridized carbons (Fsp3) is 0.542. The summed E-state index contributed by atoms with van der Waals surface area (Å²) < 4.78 is 16.9. The molecular weight excluding hydrogens is 410 g/mol. The van der Waals surface area contributed by atoms with E-state index >= 15 is 0 Å². The number of piperidine rings is 1. The highest BCUT2D eigenvalue weighted by Crippen LogP contribution is 2.28. The van der Waals surface area contributed by atoms with Crippen molar-refractivity contribution in [2.45, 2.75) is 39.2 Å². The van der Waals surface area contributed by atoms with Gasteiger partial charge in [0.05, 0.1) is 18.9 Å². The quantitative estimate of drug-likeness (QED) is 0.685. The maximum Gasteiger partial charge on any atom is 0.259 e. The maximum atomic E-state index is 13.3. The first kappa shape index (κ1) is 22.3. The van der Waals surface area contributed by atoms with Gasteiger partial charge in [-0.1, -0.05) is 30.3 Å². The number of hydrogen-bond donors (Lipinski definition) is 0. The molecule has 2 aromatic rings. The lowest BCUT2D eigenvalue weighted by atomic mass is 9.90. The molecule has 32 heavy (non-hydrogen) atoms. The highest BCUT2D eigenvalue weighted by molar-refractivity contribution is 5.96. The number of hydrogen-bond acceptors (Lipinski definition) is 6. The summed E-state index contributed by atoms with van der Waals surface area (Å²) in [5.74, 6) is 1.22. The number of morpholine rings is 1. The summed E-state index contributed by atoms with van der Waals surface area (Å²) in [6.07, 6.45) is 1.49. The van der Waals surface area contributed by atoms with Crippen molar-refractivity contribution in [3.05, 3.63) is 47.3 Å². The molecule has 2 aliphatic heterocycles. The van der Waals surface area contributed by atoms with E-state index in [4.69, 9.17) is 14.0 Å². The molecule has 0 unspecified atom stereocenters. The Balaban J connectivity index is 1.51. The Bertz CT molecular complexity index is 923. The van der Waals surface area contributed by atoms with Gasteiger partial charge in [-0.05, 0) is 25.5 Å². The van der Waals surface area contributed by atoms with Gasteiger partial charge in [-0.3, -0.25) is 9.59 Å². The Morgan fingerprint density at radius 1 is 1.12 bits per heavy atom. The SMILES string of the molecule is CCc1noc(C)c1C(=O)N1CC[C@H](Oc2ccccc2)[C@@H](CC(=O)N2CCOCC2)C1. The zero-order valence-corrected chi connectivity index (χ0v) is 18.8. The molecule has 172 valence electrons. The minimum atomic E-state index is -0.138. The van der Waals surface area contributed by atoms with E-state index in [1.54, 1.807) is 6.92 Å². The van der Waals surface area contributed by atoms with Crippen LogP contribution in [0.2, 0.25) is 0 Å². The predicted molar refractivity (Wildman–Crippen MR) is 118 cm³/mol. The Hall–Kier alpha value is -2.87. The Kier molecular flexibility index (Phi) is 7.09. The number of carbonyl (C=O) groups excluding carboxylic acids is 2. The molecule has 8 heteroatoms. The number of nitrogens with zero attached hydrogens (tertiary/aromatic N) is 3. The summed E-state index contributed by atoms with van der Waals surface area (Å²) in [4.78, 5) is 30.0. The Morgan fingerprint density at radius 2 is 1.88 bits per heavy atom. The third-order valence-electron chi connectivity index (χ3n) is 6.26. The molecule has 2 fully saturated rings. The fourth-order valence-electron chi connectivity index (χ4n) is 4.48. The fourth-order valence-corrected chi connectivity index (χ4v) is 4.48. The number of benzene rings is 1. The van der Waals surface area contributed by atoms with E-state index in [1.807, 2.05) is 47.1 Å². The predicted octanol–water partition coefficient (Wildman–Crippen LogP) is 2.70. The van der Waals surface area contributed by atoms with Crippen LogP contribution in [0.5, 0.6) is 5.75 Å². The van der Waals surface area contributed by atoms with Crippen molar-refractivity contribution in [1.82, 2.24) is 15.0 Å².